The first-order valence-corrected chi connectivity index (χ1v) is 8.97. The van der Waals surface area contributed by atoms with Crippen molar-refractivity contribution in [2.45, 2.75) is 45.3 Å². The third-order valence-electron chi connectivity index (χ3n) is 3.90. The number of ether oxygens (including phenoxy) is 2. The molecular formula is C22H27NO4. The van der Waals surface area contributed by atoms with Crippen molar-refractivity contribution < 1.29 is 19.1 Å². The molecule has 0 fully saturated rings. The van der Waals surface area contributed by atoms with Crippen LogP contribution in [-0.2, 0) is 20.7 Å². The van der Waals surface area contributed by atoms with Gasteiger partial charge in [-0.3, -0.25) is 4.79 Å². The highest BCUT2D eigenvalue weighted by atomic mass is 16.6. The predicted octanol–water partition coefficient (Wildman–Crippen LogP) is 4.35. The average molecular weight is 369 g/mol. The van der Waals surface area contributed by atoms with Crippen molar-refractivity contribution in [3.8, 4) is 11.1 Å². The van der Waals surface area contributed by atoms with Gasteiger partial charge in [-0.05, 0) is 43.9 Å². The molecule has 5 nitrogen and oxygen atoms in total. The first-order chi connectivity index (χ1) is 12.8. The monoisotopic (exact) mass is 369 g/mol. The number of amides is 1. The molecule has 0 saturated carbocycles. The molecule has 0 saturated heterocycles. The summed E-state index contributed by atoms with van der Waals surface area (Å²) >= 11 is 0. The van der Waals surface area contributed by atoms with Crippen LogP contribution in [0.3, 0.4) is 0 Å². The number of carbonyl (C=O) groups excluding carboxylic acids is 2. The molecule has 0 aliphatic carbocycles. The van der Waals surface area contributed by atoms with Crippen LogP contribution in [0, 0.1) is 0 Å². The van der Waals surface area contributed by atoms with Gasteiger partial charge in [0.15, 0.2) is 0 Å². The number of benzene rings is 2. The smallest absolute Gasteiger partial charge is 0.407 e. The number of hydrogen-bond donors (Lipinski definition) is 1. The number of esters is 1. The summed E-state index contributed by atoms with van der Waals surface area (Å²) in [6, 6.07) is 17.8. The van der Waals surface area contributed by atoms with Gasteiger partial charge in [-0.15, -0.1) is 0 Å². The van der Waals surface area contributed by atoms with Crippen molar-refractivity contribution >= 4 is 12.1 Å². The maximum absolute atomic E-state index is 12.1. The van der Waals surface area contributed by atoms with E-state index in [1.54, 1.807) is 20.8 Å². The van der Waals surface area contributed by atoms with Crippen molar-refractivity contribution in [1.29, 1.82) is 0 Å². The number of alkyl carbamates (subject to hydrolysis) is 1. The molecule has 0 heterocycles. The van der Waals surface area contributed by atoms with E-state index >= 15 is 0 Å². The molecule has 1 amide bonds. The van der Waals surface area contributed by atoms with Crippen LogP contribution in [-0.4, -0.2) is 30.8 Å². The van der Waals surface area contributed by atoms with Crippen molar-refractivity contribution in [3.63, 3.8) is 0 Å². The second kappa shape index (κ2) is 9.21. The van der Waals surface area contributed by atoms with E-state index in [-0.39, 0.29) is 12.4 Å². The molecule has 2 aromatic carbocycles. The Labute approximate surface area is 160 Å². The lowest BCUT2D eigenvalue weighted by Crippen LogP contribution is -2.41. The van der Waals surface area contributed by atoms with Gasteiger partial charge in [-0.2, -0.15) is 0 Å². The maximum atomic E-state index is 12.1. The maximum Gasteiger partial charge on any atom is 0.407 e. The Hall–Kier alpha value is -2.82. The highest BCUT2D eigenvalue weighted by molar-refractivity contribution is 5.73. The van der Waals surface area contributed by atoms with Gasteiger partial charge < -0.3 is 14.8 Å². The van der Waals surface area contributed by atoms with Crippen LogP contribution >= 0.6 is 0 Å². The number of nitrogens with one attached hydrogen (secondary N) is 1. The molecule has 1 unspecified atom stereocenters. The van der Waals surface area contributed by atoms with Gasteiger partial charge in [-0.1, -0.05) is 54.6 Å². The molecule has 0 radical (unpaired) electrons. The molecule has 2 rings (SSSR count). The quantitative estimate of drug-likeness (QED) is 0.769. The van der Waals surface area contributed by atoms with Gasteiger partial charge in [0.1, 0.15) is 5.60 Å². The highest BCUT2D eigenvalue weighted by Gasteiger charge is 2.22. The Kier molecular flexibility index (Phi) is 6.99. The lowest BCUT2D eigenvalue weighted by atomic mass is 9.99. The SMILES string of the molecule is COC(=O)CC(Cc1ccc(-c2ccccc2)cc1)NC(=O)OC(C)(C)C. The lowest BCUT2D eigenvalue weighted by molar-refractivity contribution is -0.141. The zero-order valence-electron chi connectivity index (χ0n) is 16.3. The third kappa shape index (κ3) is 7.13. The lowest BCUT2D eigenvalue weighted by Gasteiger charge is -2.23. The molecule has 1 N–H and O–H groups in total. The Balaban J connectivity index is 2.07. The molecular weight excluding hydrogens is 342 g/mol. The van der Waals surface area contributed by atoms with Crippen molar-refractivity contribution in [2.24, 2.45) is 0 Å². The zero-order chi connectivity index (χ0) is 19.9. The first-order valence-electron chi connectivity index (χ1n) is 8.97. The van der Waals surface area contributed by atoms with Crippen LogP contribution in [0.4, 0.5) is 4.79 Å². The van der Waals surface area contributed by atoms with E-state index in [0.29, 0.717) is 6.42 Å². The molecule has 2 aromatic rings. The topological polar surface area (TPSA) is 64.6 Å². The number of carbonyl (C=O) groups is 2. The molecule has 1 atom stereocenters. The van der Waals surface area contributed by atoms with E-state index in [1.165, 1.54) is 7.11 Å². The fourth-order valence-corrected chi connectivity index (χ4v) is 2.68. The van der Waals surface area contributed by atoms with Crippen LogP contribution in [0.15, 0.2) is 54.6 Å². The summed E-state index contributed by atoms with van der Waals surface area (Å²) in [6.07, 6.45) is 0.0388. The highest BCUT2D eigenvalue weighted by Crippen LogP contribution is 2.20. The van der Waals surface area contributed by atoms with E-state index in [4.69, 9.17) is 9.47 Å². The summed E-state index contributed by atoms with van der Waals surface area (Å²) < 4.78 is 10.0. The van der Waals surface area contributed by atoms with Crippen LogP contribution in [0.1, 0.15) is 32.8 Å². The molecule has 27 heavy (non-hydrogen) atoms. The molecule has 0 aromatic heterocycles. The minimum absolute atomic E-state index is 0.0795. The van der Waals surface area contributed by atoms with E-state index < -0.39 is 17.7 Å². The summed E-state index contributed by atoms with van der Waals surface area (Å²) in [7, 11) is 1.33. The largest absolute Gasteiger partial charge is 0.469 e. The molecule has 0 spiro atoms. The molecule has 0 bridgehead atoms. The Morgan fingerprint density at radius 1 is 0.963 bits per heavy atom. The fraction of sp³-hybridized carbons (Fsp3) is 0.364. The Morgan fingerprint density at radius 3 is 2.11 bits per heavy atom. The molecule has 5 heteroatoms. The summed E-state index contributed by atoms with van der Waals surface area (Å²) in [5.74, 6) is -0.378. The molecule has 144 valence electrons. The zero-order valence-corrected chi connectivity index (χ0v) is 16.3. The van der Waals surface area contributed by atoms with Gasteiger partial charge in [0.05, 0.1) is 13.5 Å². The van der Waals surface area contributed by atoms with Gasteiger partial charge in [0, 0.05) is 6.04 Å². The number of rotatable bonds is 6. The normalized spacial score (nSPS) is 12.1. The first kappa shape index (κ1) is 20.5. The third-order valence-corrected chi connectivity index (χ3v) is 3.90. The van der Waals surface area contributed by atoms with Crippen molar-refractivity contribution in [3.05, 3.63) is 60.2 Å². The van der Waals surface area contributed by atoms with Crippen LogP contribution < -0.4 is 5.32 Å². The summed E-state index contributed by atoms with van der Waals surface area (Å²) in [4.78, 5) is 23.8. The van der Waals surface area contributed by atoms with Gasteiger partial charge in [0.2, 0.25) is 0 Å². The van der Waals surface area contributed by atoms with Crippen LogP contribution in [0.2, 0.25) is 0 Å². The van der Waals surface area contributed by atoms with Crippen LogP contribution in [0.5, 0.6) is 0 Å². The minimum atomic E-state index is -0.600. The summed E-state index contributed by atoms with van der Waals surface area (Å²) in [5.41, 5.74) is 2.67. The minimum Gasteiger partial charge on any atom is -0.469 e. The predicted molar refractivity (Wildman–Crippen MR) is 105 cm³/mol. The average Bonchev–Trinajstić information content (AvgIpc) is 2.61. The van der Waals surface area contributed by atoms with Gasteiger partial charge >= 0.3 is 12.1 Å². The van der Waals surface area contributed by atoms with E-state index in [0.717, 1.165) is 16.7 Å². The van der Waals surface area contributed by atoms with E-state index in [1.807, 2.05) is 42.5 Å². The summed E-state index contributed by atoms with van der Waals surface area (Å²) in [6.45, 7) is 5.39. The Bertz CT molecular complexity index is 748. The molecule has 0 aliphatic rings. The standard InChI is InChI=1S/C22H27NO4/c1-22(2,3)27-21(25)23-19(15-20(24)26-4)14-16-10-12-18(13-11-16)17-8-6-5-7-9-17/h5-13,19H,14-15H2,1-4H3,(H,23,25). The van der Waals surface area contributed by atoms with Gasteiger partial charge in [-0.25, -0.2) is 4.79 Å². The van der Waals surface area contributed by atoms with Gasteiger partial charge in [0.25, 0.3) is 0 Å². The number of hydrogen-bond acceptors (Lipinski definition) is 4. The second-order valence-corrected chi connectivity index (χ2v) is 7.39. The van der Waals surface area contributed by atoms with E-state index in [9.17, 15) is 9.59 Å². The Morgan fingerprint density at radius 2 is 1.56 bits per heavy atom. The van der Waals surface area contributed by atoms with Crippen LogP contribution in [0.25, 0.3) is 11.1 Å². The number of methoxy groups -OCH3 is 1. The van der Waals surface area contributed by atoms with E-state index in [2.05, 4.69) is 17.4 Å². The van der Waals surface area contributed by atoms with Crippen molar-refractivity contribution in [1.82, 2.24) is 5.32 Å². The van der Waals surface area contributed by atoms with Crippen molar-refractivity contribution in [2.75, 3.05) is 7.11 Å². The fourth-order valence-electron chi connectivity index (χ4n) is 2.68. The second-order valence-electron chi connectivity index (χ2n) is 7.39. The summed E-state index contributed by atoms with van der Waals surface area (Å²) in [5, 5.41) is 2.77. The molecule has 0 aliphatic heterocycles.